The Kier molecular flexibility index (Phi) is 4.66. The van der Waals surface area contributed by atoms with E-state index >= 15 is 0 Å². The number of nitrogens with one attached hydrogen (secondary N) is 1. The van der Waals surface area contributed by atoms with E-state index in [0.717, 1.165) is 10.9 Å². The number of carbonyl (C=O) groups excluding carboxylic acids is 1. The van der Waals surface area contributed by atoms with E-state index in [1.807, 2.05) is 0 Å². The largest absolute Gasteiger partial charge is 0.462 e. The Morgan fingerprint density at radius 1 is 1.33 bits per heavy atom. The van der Waals surface area contributed by atoms with Crippen LogP contribution in [0.4, 0.5) is 0 Å². The Labute approximate surface area is 157 Å². The molecule has 0 aliphatic carbocycles. The monoisotopic (exact) mass is 412 g/mol. The molecule has 0 saturated heterocycles. The van der Waals surface area contributed by atoms with Crippen molar-refractivity contribution in [3.63, 3.8) is 0 Å². The van der Waals surface area contributed by atoms with Crippen LogP contribution < -0.4 is 11.2 Å². The van der Waals surface area contributed by atoms with Crippen molar-refractivity contribution in [1.82, 2.24) is 18.7 Å². The third-order valence-electron chi connectivity index (χ3n) is 3.69. The second kappa shape index (κ2) is 6.67. The van der Waals surface area contributed by atoms with Crippen LogP contribution in [0, 0.1) is 0 Å². The molecule has 0 amide bonds. The van der Waals surface area contributed by atoms with Gasteiger partial charge in [0.2, 0.25) is 0 Å². The van der Waals surface area contributed by atoms with Gasteiger partial charge in [0.15, 0.2) is 5.03 Å². The molecule has 0 fully saturated rings. The lowest BCUT2D eigenvalue weighted by Gasteiger charge is -2.10. The van der Waals surface area contributed by atoms with Crippen LogP contribution in [0.2, 0.25) is 5.02 Å². The van der Waals surface area contributed by atoms with Gasteiger partial charge >= 0.3 is 11.7 Å². The predicted molar refractivity (Wildman–Crippen MR) is 95.6 cm³/mol. The molecule has 0 spiro atoms. The SMILES string of the molecule is CCOC(=O)c1cnn(C)c1S(=O)(=O)n1c(=O)[nH]c2cc(Cl)ccc2c1=O. The van der Waals surface area contributed by atoms with Crippen molar-refractivity contribution in [3.05, 3.63) is 55.8 Å². The number of esters is 1. The number of fused-ring (bicyclic) bond motifs is 1. The van der Waals surface area contributed by atoms with Gasteiger partial charge in [0.05, 0.1) is 23.7 Å². The highest BCUT2D eigenvalue weighted by molar-refractivity contribution is 7.89. The van der Waals surface area contributed by atoms with Crippen molar-refractivity contribution in [3.8, 4) is 0 Å². The van der Waals surface area contributed by atoms with Gasteiger partial charge < -0.3 is 9.72 Å². The molecule has 12 heteroatoms. The average Bonchev–Trinajstić information content (AvgIpc) is 2.97. The summed E-state index contributed by atoms with van der Waals surface area (Å²) in [5.74, 6) is -0.943. The molecule has 142 valence electrons. The summed E-state index contributed by atoms with van der Waals surface area (Å²) in [6.07, 6.45) is 0.991. The molecule has 0 atom stereocenters. The van der Waals surface area contributed by atoms with Crippen molar-refractivity contribution >= 4 is 38.5 Å². The molecule has 0 aliphatic heterocycles. The van der Waals surface area contributed by atoms with Crippen LogP contribution in [0.5, 0.6) is 0 Å². The lowest BCUT2D eigenvalue weighted by Crippen LogP contribution is -2.41. The maximum atomic E-state index is 13.0. The summed E-state index contributed by atoms with van der Waals surface area (Å²) in [6.45, 7) is 1.55. The van der Waals surface area contributed by atoms with Crippen LogP contribution in [0.25, 0.3) is 10.9 Å². The summed E-state index contributed by atoms with van der Waals surface area (Å²) in [4.78, 5) is 39.4. The molecule has 2 aromatic heterocycles. The normalized spacial score (nSPS) is 11.7. The second-order valence-electron chi connectivity index (χ2n) is 5.40. The Morgan fingerprint density at radius 2 is 2.04 bits per heavy atom. The third kappa shape index (κ3) is 3.04. The van der Waals surface area contributed by atoms with Gasteiger partial charge in [-0.15, -0.1) is 3.97 Å². The number of rotatable bonds is 4. The van der Waals surface area contributed by atoms with Crippen LogP contribution >= 0.6 is 11.6 Å². The smallest absolute Gasteiger partial charge is 0.343 e. The number of benzene rings is 1. The van der Waals surface area contributed by atoms with E-state index in [1.165, 1.54) is 25.2 Å². The van der Waals surface area contributed by atoms with Crippen molar-refractivity contribution in [1.29, 1.82) is 0 Å². The molecule has 3 rings (SSSR count). The molecule has 1 aromatic carbocycles. The summed E-state index contributed by atoms with van der Waals surface area (Å²) in [7, 11) is -3.50. The van der Waals surface area contributed by atoms with Crippen LogP contribution in [-0.4, -0.2) is 39.7 Å². The van der Waals surface area contributed by atoms with E-state index in [4.69, 9.17) is 16.3 Å². The highest BCUT2D eigenvalue weighted by Crippen LogP contribution is 2.18. The lowest BCUT2D eigenvalue weighted by atomic mass is 10.2. The molecular formula is C15H13ClN4O6S. The zero-order valence-electron chi connectivity index (χ0n) is 14.1. The number of aromatic nitrogens is 4. The van der Waals surface area contributed by atoms with E-state index in [2.05, 4.69) is 10.1 Å². The first-order chi connectivity index (χ1) is 12.7. The summed E-state index contributed by atoms with van der Waals surface area (Å²) in [6, 6.07) is 4.00. The van der Waals surface area contributed by atoms with E-state index in [0.29, 0.717) is 0 Å². The zero-order chi connectivity index (χ0) is 19.9. The minimum atomic E-state index is -4.76. The summed E-state index contributed by atoms with van der Waals surface area (Å²) >= 11 is 5.83. The number of carbonyl (C=O) groups is 1. The number of H-pyrrole nitrogens is 1. The fourth-order valence-corrected chi connectivity index (χ4v) is 4.28. The van der Waals surface area contributed by atoms with Gasteiger partial charge in [-0.05, 0) is 25.1 Å². The highest BCUT2D eigenvalue weighted by Gasteiger charge is 2.32. The summed E-state index contributed by atoms with van der Waals surface area (Å²) < 4.78 is 31.8. The molecule has 0 radical (unpaired) electrons. The van der Waals surface area contributed by atoms with Gasteiger partial charge in [-0.1, -0.05) is 11.6 Å². The number of nitrogens with zero attached hydrogens (tertiary/aromatic N) is 3. The number of halogens is 1. The number of hydrogen-bond donors (Lipinski definition) is 1. The van der Waals surface area contributed by atoms with Crippen LogP contribution in [0.15, 0.2) is 39.0 Å². The molecule has 3 aromatic rings. The van der Waals surface area contributed by atoms with Crippen LogP contribution in [0.1, 0.15) is 17.3 Å². The Balaban J connectivity index is 2.34. The molecule has 1 N–H and O–H groups in total. The van der Waals surface area contributed by atoms with Crippen molar-refractivity contribution in [2.24, 2.45) is 7.05 Å². The molecule has 0 unspecified atom stereocenters. The Morgan fingerprint density at radius 3 is 2.70 bits per heavy atom. The van der Waals surface area contributed by atoms with Crippen molar-refractivity contribution < 1.29 is 17.9 Å². The first-order valence-electron chi connectivity index (χ1n) is 7.57. The molecule has 2 heterocycles. The molecule has 0 saturated carbocycles. The number of ether oxygens (including phenoxy) is 1. The number of aromatic amines is 1. The Hall–Kier alpha value is -2.92. The molecular weight excluding hydrogens is 400 g/mol. The first-order valence-corrected chi connectivity index (χ1v) is 9.39. The minimum Gasteiger partial charge on any atom is -0.462 e. The van der Waals surface area contributed by atoms with E-state index in [9.17, 15) is 22.8 Å². The Bertz CT molecular complexity index is 1290. The molecule has 0 aliphatic rings. The van der Waals surface area contributed by atoms with E-state index in [-0.39, 0.29) is 32.1 Å². The van der Waals surface area contributed by atoms with Gasteiger partial charge in [0.1, 0.15) is 5.56 Å². The zero-order valence-corrected chi connectivity index (χ0v) is 15.7. The van der Waals surface area contributed by atoms with Gasteiger partial charge in [0, 0.05) is 12.1 Å². The van der Waals surface area contributed by atoms with Crippen LogP contribution in [-0.2, 0) is 21.8 Å². The van der Waals surface area contributed by atoms with Crippen LogP contribution in [0.3, 0.4) is 0 Å². The first kappa shape index (κ1) is 18.9. The second-order valence-corrected chi connectivity index (χ2v) is 7.54. The quantitative estimate of drug-likeness (QED) is 0.616. The van der Waals surface area contributed by atoms with Gasteiger partial charge in [-0.2, -0.15) is 13.5 Å². The standard InChI is InChI=1S/C15H13ClN4O6S/c1-3-26-14(22)10-7-17-19(2)13(10)27(24,25)20-12(21)9-5-4-8(16)6-11(9)18-15(20)23/h4-7H,3H2,1-2H3,(H,18,23). The fourth-order valence-electron chi connectivity index (χ4n) is 2.56. The number of hydrogen-bond acceptors (Lipinski definition) is 7. The van der Waals surface area contributed by atoms with E-state index < -0.39 is 32.3 Å². The topological polar surface area (TPSA) is 133 Å². The van der Waals surface area contributed by atoms with Gasteiger partial charge in [-0.25, -0.2) is 9.59 Å². The highest BCUT2D eigenvalue weighted by atomic mass is 35.5. The van der Waals surface area contributed by atoms with E-state index in [1.54, 1.807) is 6.92 Å². The van der Waals surface area contributed by atoms with Gasteiger partial charge in [-0.3, -0.25) is 9.48 Å². The predicted octanol–water partition coefficient (Wildman–Crippen LogP) is 0.490. The maximum absolute atomic E-state index is 13.0. The van der Waals surface area contributed by atoms with Crippen molar-refractivity contribution in [2.75, 3.05) is 6.61 Å². The minimum absolute atomic E-state index is 0.00445. The average molecular weight is 413 g/mol. The summed E-state index contributed by atoms with van der Waals surface area (Å²) in [5.41, 5.74) is -2.59. The number of aryl methyl sites for hydroxylation is 1. The fraction of sp³-hybridized carbons (Fsp3) is 0.200. The van der Waals surface area contributed by atoms with Crippen molar-refractivity contribution in [2.45, 2.75) is 11.9 Å². The summed E-state index contributed by atoms with van der Waals surface area (Å²) in [5, 5.41) is 3.29. The molecule has 10 nitrogen and oxygen atoms in total. The lowest BCUT2D eigenvalue weighted by molar-refractivity contribution is 0.0521. The molecule has 0 bridgehead atoms. The maximum Gasteiger partial charge on any atom is 0.343 e. The third-order valence-corrected chi connectivity index (χ3v) is 5.71. The van der Waals surface area contributed by atoms with Gasteiger partial charge in [0.25, 0.3) is 15.6 Å². The molecule has 27 heavy (non-hydrogen) atoms.